The van der Waals surface area contributed by atoms with Crippen molar-refractivity contribution < 1.29 is 28.5 Å². The van der Waals surface area contributed by atoms with E-state index in [4.69, 9.17) is 9.47 Å². The molecule has 122 valence electrons. The number of allylic oxidation sites excluding steroid dienone is 3. The van der Waals surface area contributed by atoms with E-state index in [9.17, 15) is 19.0 Å². The summed E-state index contributed by atoms with van der Waals surface area (Å²) >= 11 is 0. The van der Waals surface area contributed by atoms with Crippen molar-refractivity contribution in [2.24, 2.45) is 5.92 Å². The highest BCUT2D eigenvalue weighted by Gasteiger charge is 2.42. The summed E-state index contributed by atoms with van der Waals surface area (Å²) in [6.45, 7) is -0.246. The Labute approximate surface area is 133 Å². The smallest absolute Gasteiger partial charge is 0.411 e. The van der Waals surface area contributed by atoms with Crippen LogP contribution in [0.4, 0.5) is 9.59 Å². The van der Waals surface area contributed by atoms with Crippen LogP contribution in [0.5, 0.6) is 0 Å². The molecule has 0 spiro atoms. The standard InChI is InChI=1S/C16H17O6P/c17-15(21-11-13-7-3-1-4-8-13)23(19,20)16(18)22-12-14-9-5-2-6-10-14/h1-9,14H,10-12H2,(H,19,20). The Morgan fingerprint density at radius 3 is 2.48 bits per heavy atom. The maximum absolute atomic E-state index is 11.9. The fourth-order valence-electron chi connectivity index (χ4n) is 1.90. The van der Waals surface area contributed by atoms with Crippen molar-refractivity contribution in [3.05, 3.63) is 60.2 Å². The van der Waals surface area contributed by atoms with E-state index in [0.717, 1.165) is 0 Å². The topological polar surface area (TPSA) is 89.9 Å². The van der Waals surface area contributed by atoms with Crippen molar-refractivity contribution in [3.63, 3.8) is 0 Å². The van der Waals surface area contributed by atoms with Gasteiger partial charge in [-0.05, 0) is 12.0 Å². The molecule has 1 aliphatic rings. The summed E-state index contributed by atoms with van der Waals surface area (Å²) in [5.74, 6) is -0.0655. The van der Waals surface area contributed by atoms with Crippen LogP contribution in [-0.4, -0.2) is 22.9 Å². The molecule has 0 amide bonds. The van der Waals surface area contributed by atoms with Crippen LogP contribution in [0.15, 0.2) is 54.6 Å². The highest BCUT2D eigenvalue weighted by Crippen LogP contribution is 2.45. The Morgan fingerprint density at radius 1 is 1.13 bits per heavy atom. The highest BCUT2D eigenvalue weighted by atomic mass is 31.2. The average molecular weight is 336 g/mol. The van der Waals surface area contributed by atoms with Crippen LogP contribution >= 0.6 is 7.37 Å². The Balaban J connectivity index is 1.84. The number of rotatable bonds is 6. The molecule has 6 nitrogen and oxygen atoms in total. The predicted octanol–water partition coefficient (Wildman–Crippen LogP) is 3.86. The second-order valence-electron chi connectivity index (χ2n) is 5.00. The molecule has 0 saturated heterocycles. The molecule has 1 aliphatic carbocycles. The number of hydrogen-bond acceptors (Lipinski definition) is 5. The van der Waals surface area contributed by atoms with Gasteiger partial charge in [0.25, 0.3) is 0 Å². The molecule has 2 atom stereocenters. The summed E-state index contributed by atoms with van der Waals surface area (Å²) in [5, 5.41) is 0. The third kappa shape index (κ3) is 4.91. The molecule has 7 heteroatoms. The number of hydrogen-bond donors (Lipinski definition) is 1. The zero-order valence-corrected chi connectivity index (χ0v) is 13.2. The van der Waals surface area contributed by atoms with Crippen LogP contribution in [0.3, 0.4) is 0 Å². The summed E-state index contributed by atoms with van der Waals surface area (Å²) in [6.07, 6.45) is 8.04. The zero-order chi connectivity index (χ0) is 16.7. The van der Waals surface area contributed by atoms with Gasteiger partial charge in [-0.2, -0.15) is 0 Å². The monoisotopic (exact) mass is 336 g/mol. The van der Waals surface area contributed by atoms with Crippen LogP contribution in [0.25, 0.3) is 0 Å². The lowest BCUT2D eigenvalue weighted by Gasteiger charge is -2.15. The van der Waals surface area contributed by atoms with Crippen molar-refractivity contribution in [1.29, 1.82) is 0 Å². The molecular weight excluding hydrogens is 319 g/mol. The minimum absolute atomic E-state index is 0.0593. The van der Waals surface area contributed by atoms with E-state index in [-0.39, 0.29) is 19.1 Å². The molecule has 0 aromatic heterocycles. The van der Waals surface area contributed by atoms with Gasteiger partial charge < -0.3 is 14.4 Å². The molecule has 2 rings (SSSR count). The second kappa shape index (κ2) is 7.90. The van der Waals surface area contributed by atoms with Gasteiger partial charge in [0.05, 0.1) is 6.61 Å². The first-order valence-electron chi connectivity index (χ1n) is 7.05. The zero-order valence-electron chi connectivity index (χ0n) is 12.3. The van der Waals surface area contributed by atoms with E-state index < -0.39 is 18.8 Å². The molecule has 0 heterocycles. The SMILES string of the molecule is O=C(OCc1ccccc1)P(=O)(O)C(=O)OCC1C=CC=CC1. The van der Waals surface area contributed by atoms with Gasteiger partial charge in [-0.25, -0.2) is 9.59 Å². The van der Waals surface area contributed by atoms with Crippen LogP contribution in [-0.2, 0) is 20.6 Å². The fraction of sp³-hybridized carbons (Fsp3) is 0.250. The Kier molecular flexibility index (Phi) is 5.90. The minimum Gasteiger partial charge on any atom is -0.457 e. The van der Waals surface area contributed by atoms with Crippen LogP contribution in [0.2, 0.25) is 0 Å². The second-order valence-corrected chi connectivity index (χ2v) is 6.88. The lowest BCUT2D eigenvalue weighted by molar-refractivity contribution is 0.148. The van der Waals surface area contributed by atoms with E-state index in [2.05, 4.69) is 0 Å². The van der Waals surface area contributed by atoms with Gasteiger partial charge in [0.1, 0.15) is 6.61 Å². The van der Waals surface area contributed by atoms with Gasteiger partial charge in [-0.15, -0.1) is 0 Å². The fourth-order valence-corrected chi connectivity index (χ4v) is 2.54. The third-order valence-corrected chi connectivity index (χ3v) is 4.44. The summed E-state index contributed by atoms with van der Waals surface area (Å²) < 4.78 is 21.4. The largest absolute Gasteiger partial charge is 0.457 e. The van der Waals surface area contributed by atoms with Crippen LogP contribution < -0.4 is 0 Å². The maximum atomic E-state index is 11.9. The first-order valence-corrected chi connectivity index (χ1v) is 8.71. The van der Waals surface area contributed by atoms with Gasteiger partial charge in [-0.3, -0.25) is 4.57 Å². The third-order valence-electron chi connectivity index (χ3n) is 3.19. The van der Waals surface area contributed by atoms with Crippen molar-refractivity contribution >= 4 is 18.8 Å². The molecule has 1 N–H and O–H groups in total. The number of carbonyl (C=O) groups excluding carboxylic acids is 2. The molecule has 1 aromatic carbocycles. The predicted molar refractivity (Wildman–Crippen MR) is 84.2 cm³/mol. The van der Waals surface area contributed by atoms with Crippen molar-refractivity contribution in [3.8, 4) is 0 Å². The van der Waals surface area contributed by atoms with E-state index in [1.807, 2.05) is 18.2 Å². The Morgan fingerprint density at radius 2 is 1.83 bits per heavy atom. The minimum atomic E-state index is -4.84. The average Bonchev–Trinajstić information content (AvgIpc) is 2.59. The first kappa shape index (κ1) is 17.2. The van der Waals surface area contributed by atoms with E-state index in [1.54, 1.807) is 36.4 Å². The Hall–Kier alpha value is -2.17. The van der Waals surface area contributed by atoms with E-state index >= 15 is 0 Å². The molecule has 0 aliphatic heterocycles. The molecular formula is C16H17O6P. The van der Waals surface area contributed by atoms with Crippen LogP contribution in [0, 0.1) is 5.92 Å². The summed E-state index contributed by atoms with van der Waals surface area (Å²) in [4.78, 5) is 33.0. The number of benzene rings is 1. The molecule has 2 unspecified atom stereocenters. The van der Waals surface area contributed by atoms with Gasteiger partial charge >= 0.3 is 18.8 Å². The molecule has 0 radical (unpaired) electrons. The van der Waals surface area contributed by atoms with E-state index in [1.165, 1.54) is 0 Å². The van der Waals surface area contributed by atoms with Crippen molar-refractivity contribution in [2.45, 2.75) is 13.0 Å². The quantitative estimate of drug-likeness (QED) is 0.793. The number of ether oxygens (including phenoxy) is 2. The van der Waals surface area contributed by atoms with Crippen molar-refractivity contribution in [1.82, 2.24) is 0 Å². The lowest BCUT2D eigenvalue weighted by atomic mass is 10.0. The number of carbonyl (C=O) groups is 2. The molecule has 0 saturated carbocycles. The van der Waals surface area contributed by atoms with E-state index in [0.29, 0.717) is 12.0 Å². The highest BCUT2D eigenvalue weighted by molar-refractivity contribution is 7.88. The molecule has 0 fully saturated rings. The Bertz CT molecular complexity index is 664. The van der Waals surface area contributed by atoms with Gasteiger partial charge in [0, 0.05) is 5.92 Å². The van der Waals surface area contributed by atoms with Gasteiger partial charge in [-0.1, -0.05) is 54.6 Å². The van der Waals surface area contributed by atoms with Crippen molar-refractivity contribution in [2.75, 3.05) is 6.61 Å². The normalized spacial score (nSPS) is 18.9. The first-order chi connectivity index (χ1) is 11.0. The summed E-state index contributed by atoms with van der Waals surface area (Å²) in [6, 6.07) is 8.65. The summed E-state index contributed by atoms with van der Waals surface area (Å²) in [7, 11) is -4.84. The lowest BCUT2D eigenvalue weighted by Crippen LogP contribution is -2.16. The summed E-state index contributed by atoms with van der Waals surface area (Å²) in [5.41, 5.74) is -2.27. The molecule has 0 bridgehead atoms. The molecule has 23 heavy (non-hydrogen) atoms. The molecule has 1 aromatic rings. The van der Waals surface area contributed by atoms with Gasteiger partial charge in [0.2, 0.25) is 0 Å². The van der Waals surface area contributed by atoms with Crippen LogP contribution in [0.1, 0.15) is 12.0 Å². The maximum Gasteiger partial charge on any atom is 0.411 e. The van der Waals surface area contributed by atoms with Gasteiger partial charge in [0.15, 0.2) is 0 Å².